The van der Waals surface area contributed by atoms with Gasteiger partial charge in [0.2, 0.25) is 0 Å². The van der Waals surface area contributed by atoms with Crippen molar-refractivity contribution in [2.45, 2.75) is 6.54 Å². The van der Waals surface area contributed by atoms with Crippen molar-refractivity contribution in [1.29, 1.82) is 5.26 Å². The molecule has 0 bridgehead atoms. The fourth-order valence-corrected chi connectivity index (χ4v) is 1.19. The highest BCUT2D eigenvalue weighted by Crippen LogP contribution is 2.14. The van der Waals surface area contributed by atoms with E-state index < -0.39 is 0 Å². The van der Waals surface area contributed by atoms with Crippen molar-refractivity contribution in [2.24, 2.45) is 0 Å². The van der Waals surface area contributed by atoms with Gasteiger partial charge in [-0.1, -0.05) is 0 Å². The molecule has 4 heteroatoms. The molecule has 0 unspecified atom stereocenters. The third kappa shape index (κ3) is 1.62. The van der Waals surface area contributed by atoms with E-state index in [1.807, 2.05) is 18.3 Å². The quantitative estimate of drug-likeness (QED) is 0.710. The molecule has 2 heterocycles. The smallest absolute Gasteiger partial charge is 0.111 e. The molecule has 0 atom stereocenters. The number of aromatic nitrogens is 3. The molecular weight excluding hydrogens is 176 g/mol. The summed E-state index contributed by atoms with van der Waals surface area (Å²) in [5, 5.41) is 8.49. The summed E-state index contributed by atoms with van der Waals surface area (Å²) in [5.74, 6) is 0. The second-order valence-electron chi connectivity index (χ2n) is 2.83. The van der Waals surface area contributed by atoms with Crippen LogP contribution in [0.15, 0.2) is 37.1 Å². The Kier molecular flexibility index (Phi) is 2.24. The van der Waals surface area contributed by atoms with E-state index >= 15 is 0 Å². The Balaban J connectivity index is 2.31. The summed E-state index contributed by atoms with van der Waals surface area (Å²) in [7, 11) is 0. The maximum atomic E-state index is 8.49. The lowest BCUT2D eigenvalue weighted by Crippen LogP contribution is -1.89. The lowest BCUT2D eigenvalue weighted by molar-refractivity contribution is 0.830. The predicted octanol–water partition coefficient (Wildman–Crippen LogP) is 1.47. The molecule has 0 amide bonds. The molecule has 0 aromatic carbocycles. The molecule has 2 aromatic rings. The SMILES string of the molecule is N#CCn1cnc(-c2cccnc2)c1. The fraction of sp³-hybridized carbons (Fsp3) is 0.100. The first-order chi connectivity index (χ1) is 6.90. The Labute approximate surface area is 81.5 Å². The summed E-state index contributed by atoms with van der Waals surface area (Å²) in [5.41, 5.74) is 1.80. The van der Waals surface area contributed by atoms with Crippen molar-refractivity contribution in [3.63, 3.8) is 0 Å². The number of nitrogens with zero attached hydrogens (tertiary/aromatic N) is 4. The molecule has 0 saturated heterocycles. The standard InChI is InChI=1S/C10H8N4/c11-3-5-14-7-10(13-8-14)9-2-1-4-12-6-9/h1-2,4,6-8H,5H2. The first kappa shape index (κ1) is 8.45. The normalized spacial score (nSPS) is 9.64. The fourth-order valence-electron chi connectivity index (χ4n) is 1.19. The summed E-state index contributed by atoms with van der Waals surface area (Å²) in [4.78, 5) is 8.18. The van der Waals surface area contributed by atoms with Crippen molar-refractivity contribution >= 4 is 0 Å². The Bertz CT molecular complexity index is 452. The lowest BCUT2D eigenvalue weighted by Gasteiger charge is -1.93. The van der Waals surface area contributed by atoms with E-state index in [0.29, 0.717) is 6.54 Å². The van der Waals surface area contributed by atoms with Crippen LogP contribution in [-0.4, -0.2) is 14.5 Å². The number of rotatable bonds is 2. The van der Waals surface area contributed by atoms with Crippen molar-refractivity contribution < 1.29 is 0 Å². The van der Waals surface area contributed by atoms with E-state index in [9.17, 15) is 0 Å². The van der Waals surface area contributed by atoms with Crippen LogP contribution < -0.4 is 0 Å². The zero-order valence-corrected chi connectivity index (χ0v) is 7.46. The van der Waals surface area contributed by atoms with Crippen molar-refractivity contribution in [2.75, 3.05) is 0 Å². The molecule has 0 aliphatic rings. The van der Waals surface area contributed by atoms with Gasteiger partial charge in [-0.05, 0) is 12.1 Å². The van der Waals surface area contributed by atoms with Gasteiger partial charge < -0.3 is 4.57 Å². The van der Waals surface area contributed by atoms with Crippen molar-refractivity contribution in [3.05, 3.63) is 37.1 Å². The monoisotopic (exact) mass is 184 g/mol. The first-order valence-corrected chi connectivity index (χ1v) is 4.19. The minimum atomic E-state index is 0.327. The van der Waals surface area contributed by atoms with Crippen molar-refractivity contribution in [3.8, 4) is 17.3 Å². The molecule has 0 saturated carbocycles. The van der Waals surface area contributed by atoms with Crippen LogP contribution in [0.3, 0.4) is 0 Å². The molecule has 2 aromatic heterocycles. The summed E-state index contributed by atoms with van der Waals surface area (Å²) >= 11 is 0. The van der Waals surface area contributed by atoms with Crippen LogP contribution in [0.25, 0.3) is 11.3 Å². The highest BCUT2D eigenvalue weighted by molar-refractivity contribution is 5.56. The van der Waals surface area contributed by atoms with Crippen LogP contribution in [0.5, 0.6) is 0 Å². The number of nitriles is 1. The lowest BCUT2D eigenvalue weighted by atomic mass is 10.2. The minimum Gasteiger partial charge on any atom is -0.323 e. The summed E-state index contributed by atoms with van der Waals surface area (Å²) in [6.45, 7) is 0.327. The van der Waals surface area contributed by atoms with E-state index in [4.69, 9.17) is 5.26 Å². The van der Waals surface area contributed by atoms with Gasteiger partial charge in [-0.3, -0.25) is 4.98 Å². The molecule has 0 fully saturated rings. The zero-order valence-electron chi connectivity index (χ0n) is 7.46. The summed E-state index contributed by atoms with van der Waals surface area (Å²) in [6.07, 6.45) is 6.95. The van der Waals surface area contributed by atoms with Gasteiger partial charge in [0.1, 0.15) is 6.54 Å². The topological polar surface area (TPSA) is 54.5 Å². The van der Waals surface area contributed by atoms with Crippen LogP contribution in [-0.2, 0) is 6.54 Å². The Hall–Kier alpha value is -2.15. The number of pyridine rings is 1. The molecule has 0 N–H and O–H groups in total. The van der Waals surface area contributed by atoms with Gasteiger partial charge in [0.05, 0.1) is 18.1 Å². The number of hydrogen-bond acceptors (Lipinski definition) is 3. The van der Waals surface area contributed by atoms with E-state index in [2.05, 4.69) is 16.0 Å². The molecule has 0 aliphatic heterocycles. The number of hydrogen-bond donors (Lipinski definition) is 0. The second kappa shape index (κ2) is 3.71. The first-order valence-electron chi connectivity index (χ1n) is 4.19. The van der Waals surface area contributed by atoms with Gasteiger partial charge in [-0.15, -0.1) is 0 Å². The molecular formula is C10H8N4. The third-order valence-corrected chi connectivity index (χ3v) is 1.84. The molecule has 0 radical (unpaired) electrons. The highest BCUT2D eigenvalue weighted by atomic mass is 15.0. The average molecular weight is 184 g/mol. The molecule has 68 valence electrons. The molecule has 14 heavy (non-hydrogen) atoms. The Morgan fingerprint density at radius 1 is 1.50 bits per heavy atom. The van der Waals surface area contributed by atoms with E-state index in [1.54, 1.807) is 23.3 Å². The Morgan fingerprint density at radius 3 is 3.14 bits per heavy atom. The average Bonchev–Trinajstić information content (AvgIpc) is 2.68. The van der Waals surface area contributed by atoms with Crippen LogP contribution >= 0.6 is 0 Å². The second-order valence-corrected chi connectivity index (χ2v) is 2.83. The molecule has 0 aliphatic carbocycles. The highest BCUT2D eigenvalue weighted by Gasteiger charge is 2.00. The van der Waals surface area contributed by atoms with Gasteiger partial charge in [0, 0.05) is 24.2 Å². The van der Waals surface area contributed by atoms with Crippen LogP contribution in [0, 0.1) is 11.3 Å². The van der Waals surface area contributed by atoms with Crippen molar-refractivity contribution in [1.82, 2.24) is 14.5 Å². The van der Waals surface area contributed by atoms with Crippen LogP contribution in [0.4, 0.5) is 0 Å². The van der Waals surface area contributed by atoms with E-state index in [-0.39, 0.29) is 0 Å². The molecule has 0 spiro atoms. The third-order valence-electron chi connectivity index (χ3n) is 1.84. The molecule has 4 nitrogen and oxygen atoms in total. The van der Waals surface area contributed by atoms with Crippen LogP contribution in [0.2, 0.25) is 0 Å². The van der Waals surface area contributed by atoms with Crippen LogP contribution in [0.1, 0.15) is 0 Å². The van der Waals surface area contributed by atoms with E-state index in [1.165, 1.54) is 0 Å². The van der Waals surface area contributed by atoms with Gasteiger partial charge in [0.15, 0.2) is 0 Å². The minimum absolute atomic E-state index is 0.327. The van der Waals surface area contributed by atoms with Gasteiger partial charge in [0.25, 0.3) is 0 Å². The van der Waals surface area contributed by atoms with Gasteiger partial charge >= 0.3 is 0 Å². The zero-order chi connectivity index (χ0) is 9.80. The maximum Gasteiger partial charge on any atom is 0.111 e. The number of imidazole rings is 1. The van der Waals surface area contributed by atoms with Gasteiger partial charge in [-0.2, -0.15) is 5.26 Å². The summed E-state index contributed by atoms with van der Waals surface area (Å²) in [6, 6.07) is 5.85. The van der Waals surface area contributed by atoms with Gasteiger partial charge in [-0.25, -0.2) is 4.98 Å². The molecule has 2 rings (SSSR count). The summed E-state index contributed by atoms with van der Waals surface area (Å²) < 4.78 is 1.74. The largest absolute Gasteiger partial charge is 0.323 e. The maximum absolute atomic E-state index is 8.49. The van der Waals surface area contributed by atoms with E-state index in [0.717, 1.165) is 11.3 Å². The predicted molar refractivity (Wildman–Crippen MR) is 51.1 cm³/mol. The Morgan fingerprint density at radius 2 is 2.43 bits per heavy atom.